The molecule has 1 atom stereocenters. The highest BCUT2D eigenvalue weighted by molar-refractivity contribution is 5.94. The summed E-state index contributed by atoms with van der Waals surface area (Å²) in [5, 5.41) is 14.2. The average Bonchev–Trinajstić information content (AvgIpc) is 3.28. The molecule has 0 aliphatic heterocycles. The van der Waals surface area contributed by atoms with Crippen molar-refractivity contribution in [3.8, 4) is 11.1 Å². The molecule has 138 valence electrons. The van der Waals surface area contributed by atoms with E-state index >= 15 is 0 Å². The van der Waals surface area contributed by atoms with E-state index in [2.05, 4.69) is 33.0 Å². The number of tetrazole rings is 1. The summed E-state index contributed by atoms with van der Waals surface area (Å²) in [5.41, 5.74) is 4.00. The van der Waals surface area contributed by atoms with Gasteiger partial charge < -0.3 is 5.32 Å². The molecule has 4 aromatic rings. The minimum atomic E-state index is -0.536. The van der Waals surface area contributed by atoms with Crippen molar-refractivity contribution < 1.29 is 4.79 Å². The standard InChI is InChI=1S/C22H19N5O/c28-22(21(27-16-23-25-26-27)15-17-7-3-1-4-8-17)24-20-13-11-19(12-14-20)18-9-5-2-6-10-18/h1-14,16,21H,15H2,(H,24,28)/t21-/m0/s1. The summed E-state index contributed by atoms with van der Waals surface area (Å²) in [5.74, 6) is -0.163. The second-order valence-electron chi connectivity index (χ2n) is 6.43. The van der Waals surface area contributed by atoms with Gasteiger partial charge in [-0.1, -0.05) is 72.8 Å². The van der Waals surface area contributed by atoms with E-state index in [-0.39, 0.29) is 5.91 Å². The van der Waals surface area contributed by atoms with Gasteiger partial charge in [0.1, 0.15) is 12.4 Å². The molecule has 0 unspecified atom stereocenters. The van der Waals surface area contributed by atoms with Gasteiger partial charge in [-0.3, -0.25) is 4.79 Å². The SMILES string of the molecule is O=C(Nc1ccc(-c2ccccc2)cc1)[C@H](Cc1ccccc1)n1cnnn1. The number of anilines is 1. The molecule has 0 fully saturated rings. The summed E-state index contributed by atoms with van der Waals surface area (Å²) in [6, 6.07) is 27.2. The van der Waals surface area contributed by atoms with E-state index in [1.54, 1.807) is 0 Å². The first kappa shape index (κ1) is 17.6. The monoisotopic (exact) mass is 369 g/mol. The number of carbonyl (C=O) groups is 1. The Morgan fingerprint density at radius 3 is 2.14 bits per heavy atom. The van der Waals surface area contributed by atoms with E-state index in [0.29, 0.717) is 6.42 Å². The summed E-state index contributed by atoms with van der Waals surface area (Å²) in [6.07, 6.45) is 1.96. The van der Waals surface area contributed by atoms with Crippen molar-refractivity contribution >= 4 is 11.6 Å². The van der Waals surface area contributed by atoms with Gasteiger partial charge in [0.05, 0.1) is 0 Å². The lowest BCUT2D eigenvalue weighted by Gasteiger charge is -2.16. The Morgan fingerprint density at radius 1 is 0.857 bits per heavy atom. The quantitative estimate of drug-likeness (QED) is 0.562. The summed E-state index contributed by atoms with van der Waals surface area (Å²) in [7, 11) is 0. The van der Waals surface area contributed by atoms with Crippen LogP contribution >= 0.6 is 0 Å². The molecule has 0 aliphatic rings. The van der Waals surface area contributed by atoms with Gasteiger partial charge in [-0.25, -0.2) is 4.68 Å². The molecule has 4 rings (SSSR count). The fourth-order valence-electron chi connectivity index (χ4n) is 3.06. The van der Waals surface area contributed by atoms with Crippen molar-refractivity contribution in [2.45, 2.75) is 12.5 Å². The van der Waals surface area contributed by atoms with E-state index in [1.807, 2.05) is 72.8 Å². The van der Waals surface area contributed by atoms with E-state index in [0.717, 1.165) is 22.4 Å². The first-order valence-electron chi connectivity index (χ1n) is 9.02. The first-order chi connectivity index (χ1) is 13.8. The molecule has 6 nitrogen and oxygen atoms in total. The van der Waals surface area contributed by atoms with Crippen molar-refractivity contribution in [1.29, 1.82) is 0 Å². The maximum absolute atomic E-state index is 12.9. The van der Waals surface area contributed by atoms with Crippen molar-refractivity contribution in [3.05, 3.63) is 96.8 Å². The van der Waals surface area contributed by atoms with Gasteiger partial charge in [0, 0.05) is 12.1 Å². The number of aromatic nitrogens is 4. The van der Waals surface area contributed by atoms with Crippen LogP contribution in [0.5, 0.6) is 0 Å². The van der Waals surface area contributed by atoms with Crippen molar-refractivity contribution in [1.82, 2.24) is 20.2 Å². The fraction of sp³-hybridized carbons (Fsp3) is 0.0909. The molecule has 0 spiro atoms. The summed E-state index contributed by atoms with van der Waals surface area (Å²) < 4.78 is 1.49. The van der Waals surface area contributed by atoms with Crippen LogP contribution in [0.1, 0.15) is 11.6 Å². The van der Waals surface area contributed by atoms with Crippen molar-refractivity contribution in [2.75, 3.05) is 5.32 Å². The predicted octanol–water partition coefficient (Wildman–Crippen LogP) is 3.76. The van der Waals surface area contributed by atoms with Crippen LogP contribution in [0.3, 0.4) is 0 Å². The van der Waals surface area contributed by atoms with Crippen LogP contribution in [0.15, 0.2) is 91.3 Å². The number of amides is 1. The van der Waals surface area contributed by atoms with E-state index in [9.17, 15) is 4.79 Å². The zero-order valence-corrected chi connectivity index (χ0v) is 15.1. The van der Waals surface area contributed by atoms with Crippen LogP contribution in [-0.4, -0.2) is 26.1 Å². The predicted molar refractivity (Wildman–Crippen MR) is 108 cm³/mol. The normalized spacial score (nSPS) is 11.7. The number of hydrogen-bond donors (Lipinski definition) is 1. The summed E-state index contributed by atoms with van der Waals surface area (Å²) in [4.78, 5) is 12.9. The Labute approximate surface area is 162 Å². The molecule has 1 N–H and O–H groups in total. The smallest absolute Gasteiger partial charge is 0.249 e. The van der Waals surface area contributed by atoms with Crippen molar-refractivity contribution in [2.24, 2.45) is 0 Å². The minimum absolute atomic E-state index is 0.163. The maximum Gasteiger partial charge on any atom is 0.249 e. The van der Waals surface area contributed by atoms with E-state index in [4.69, 9.17) is 0 Å². The molecule has 1 heterocycles. The molecule has 0 aliphatic carbocycles. The summed E-state index contributed by atoms with van der Waals surface area (Å²) in [6.45, 7) is 0. The topological polar surface area (TPSA) is 72.7 Å². The number of nitrogens with one attached hydrogen (secondary N) is 1. The molecule has 3 aromatic carbocycles. The Morgan fingerprint density at radius 2 is 1.50 bits per heavy atom. The minimum Gasteiger partial charge on any atom is -0.324 e. The van der Waals surface area contributed by atoms with Crippen LogP contribution in [0.4, 0.5) is 5.69 Å². The Bertz CT molecular complexity index is 1020. The molecule has 1 aromatic heterocycles. The number of carbonyl (C=O) groups excluding carboxylic acids is 1. The molecule has 0 radical (unpaired) electrons. The first-order valence-corrected chi connectivity index (χ1v) is 9.02. The number of rotatable bonds is 6. The Hall–Kier alpha value is -3.80. The molecule has 0 saturated carbocycles. The molecule has 0 saturated heterocycles. The van der Waals surface area contributed by atoms with Gasteiger partial charge in [-0.15, -0.1) is 5.10 Å². The molecule has 0 bridgehead atoms. The summed E-state index contributed by atoms with van der Waals surface area (Å²) >= 11 is 0. The number of nitrogens with zero attached hydrogens (tertiary/aromatic N) is 4. The third kappa shape index (κ3) is 4.12. The van der Waals surface area contributed by atoms with Gasteiger partial charge in [0.25, 0.3) is 0 Å². The van der Waals surface area contributed by atoms with Crippen LogP contribution < -0.4 is 5.32 Å². The zero-order valence-electron chi connectivity index (χ0n) is 15.1. The number of benzene rings is 3. The highest BCUT2D eigenvalue weighted by Crippen LogP contribution is 2.22. The van der Waals surface area contributed by atoms with Gasteiger partial charge in [0.2, 0.25) is 5.91 Å². The largest absolute Gasteiger partial charge is 0.324 e. The van der Waals surface area contributed by atoms with Gasteiger partial charge in [-0.2, -0.15) is 0 Å². The highest BCUT2D eigenvalue weighted by atomic mass is 16.2. The van der Waals surface area contributed by atoms with Crippen LogP contribution in [-0.2, 0) is 11.2 Å². The molecule has 28 heavy (non-hydrogen) atoms. The highest BCUT2D eigenvalue weighted by Gasteiger charge is 2.22. The third-order valence-electron chi connectivity index (χ3n) is 4.52. The fourth-order valence-corrected chi connectivity index (χ4v) is 3.06. The molecule has 1 amide bonds. The number of hydrogen-bond acceptors (Lipinski definition) is 4. The lowest BCUT2D eigenvalue weighted by atomic mass is 10.0. The molecule has 6 heteroatoms. The van der Waals surface area contributed by atoms with Crippen LogP contribution in [0, 0.1) is 0 Å². The molecular weight excluding hydrogens is 350 g/mol. The maximum atomic E-state index is 12.9. The zero-order chi connectivity index (χ0) is 19.2. The Balaban J connectivity index is 1.51. The third-order valence-corrected chi connectivity index (χ3v) is 4.52. The van der Waals surface area contributed by atoms with Gasteiger partial charge in [-0.05, 0) is 39.2 Å². The van der Waals surface area contributed by atoms with Crippen LogP contribution in [0.25, 0.3) is 11.1 Å². The Kier molecular flexibility index (Phi) is 5.20. The van der Waals surface area contributed by atoms with E-state index < -0.39 is 6.04 Å². The van der Waals surface area contributed by atoms with Crippen molar-refractivity contribution in [3.63, 3.8) is 0 Å². The lowest BCUT2D eigenvalue weighted by molar-refractivity contribution is -0.119. The van der Waals surface area contributed by atoms with Gasteiger partial charge in [0.15, 0.2) is 0 Å². The second-order valence-corrected chi connectivity index (χ2v) is 6.43. The van der Waals surface area contributed by atoms with Crippen LogP contribution in [0.2, 0.25) is 0 Å². The molecular formula is C22H19N5O. The lowest BCUT2D eigenvalue weighted by Crippen LogP contribution is -2.28. The van der Waals surface area contributed by atoms with E-state index in [1.165, 1.54) is 11.0 Å². The second kappa shape index (κ2) is 8.26. The van der Waals surface area contributed by atoms with Gasteiger partial charge >= 0.3 is 0 Å². The average molecular weight is 369 g/mol.